The molecule has 62 heavy (non-hydrogen) atoms. The lowest BCUT2D eigenvalue weighted by atomic mass is 9.88. The summed E-state index contributed by atoms with van der Waals surface area (Å²) in [6.07, 6.45) is -26.6. The number of nitrogens with two attached hydrogens (primary N) is 1. The zero-order chi connectivity index (χ0) is 46.2. The summed E-state index contributed by atoms with van der Waals surface area (Å²) in [5.74, 6) is -8.39. The van der Waals surface area contributed by atoms with Crippen molar-refractivity contribution in [1.29, 1.82) is 0 Å². The van der Waals surface area contributed by atoms with E-state index in [1.807, 2.05) is 0 Å². The van der Waals surface area contributed by atoms with Gasteiger partial charge in [-0.1, -0.05) is 0 Å². The van der Waals surface area contributed by atoms with Gasteiger partial charge in [0.15, 0.2) is 6.29 Å². The van der Waals surface area contributed by atoms with Gasteiger partial charge >= 0.3 is 11.9 Å². The van der Waals surface area contributed by atoms with Crippen LogP contribution in [-0.4, -0.2) is 209 Å². The molecule has 0 aliphatic carbocycles. The molecule has 1 aromatic rings. The van der Waals surface area contributed by atoms with Crippen LogP contribution < -0.4 is 26.4 Å². The third-order valence-electron chi connectivity index (χ3n) is 10.2. The second kappa shape index (κ2) is 21.9. The van der Waals surface area contributed by atoms with Gasteiger partial charge in [0, 0.05) is 32.4 Å². The van der Waals surface area contributed by atoms with E-state index in [9.17, 15) is 75.0 Å². The largest absolute Gasteiger partial charge is 0.480 e. The van der Waals surface area contributed by atoms with Crippen LogP contribution in [-0.2, 0) is 47.7 Å². The Morgan fingerprint density at radius 1 is 0.839 bits per heavy atom. The van der Waals surface area contributed by atoms with Crippen LogP contribution in [0.5, 0.6) is 5.75 Å². The summed E-state index contributed by atoms with van der Waals surface area (Å²) in [6, 6.07) is 1.16. The molecule has 3 aliphatic rings. The molecule has 3 saturated heterocycles. The number of carboxylic acids is 2. The molecule has 26 nitrogen and oxygen atoms in total. The van der Waals surface area contributed by atoms with Crippen LogP contribution in [0.2, 0.25) is 0 Å². The summed E-state index contributed by atoms with van der Waals surface area (Å²) in [5.41, 5.74) is 5.71. The summed E-state index contributed by atoms with van der Waals surface area (Å²) < 4.78 is 34.6. The zero-order valence-electron chi connectivity index (χ0n) is 33.3. The molecule has 4 rings (SSSR count). The highest BCUT2D eigenvalue weighted by molar-refractivity contribution is 5.91. The van der Waals surface area contributed by atoms with E-state index in [-0.39, 0.29) is 24.3 Å². The molecule has 0 bridgehead atoms. The first-order valence-electron chi connectivity index (χ1n) is 19.2. The van der Waals surface area contributed by atoms with Gasteiger partial charge in [0.25, 0.3) is 5.79 Å². The highest BCUT2D eigenvalue weighted by Gasteiger charge is 2.60. The molecule has 3 heterocycles. The average Bonchev–Trinajstić information content (AvgIpc) is 3.22. The van der Waals surface area contributed by atoms with Gasteiger partial charge in [-0.25, -0.2) is 4.79 Å². The fourth-order valence-corrected chi connectivity index (χ4v) is 7.03. The molecule has 0 radical (unpaired) electrons. The summed E-state index contributed by atoms with van der Waals surface area (Å²) >= 11 is 0. The quantitative estimate of drug-likeness (QED) is 0.0613. The average molecular weight is 895 g/mol. The number of carbonyl (C=O) groups excluding carboxylic acids is 3. The molecule has 1 aromatic carbocycles. The van der Waals surface area contributed by atoms with E-state index in [0.717, 1.165) is 13.8 Å². The van der Waals surface area contributed by atoms with E-state index in [4.69, 9.17) is 39.3 Å². The number of benzene rings is 1. The predicted octanol–water partition coefficient (Wildman–Crippen LogP) is -6.86. The highest BCUT2D eigenvalue weighted by atomic mass is 16.8. The summed E-state index contributed by atoms with van der Waals surface area (Å²) in [4.78, 5) is 60.6. The van der Waals surface area contributed by atoms with Crippen LogP contribution in [0, 0.1) is 0 Å². The lowest BCUT2D eigenvalue weighted by molar-refractivity contribution is -0.380. The number of aliphatic hydroxyl groups is 9. The predicted molar refractivity (Wildman–Crippen MR) is 200 cm³/mol. The Kier molecular flexibility index (Phi) is 17.8. The van der Waals surface area contributed by atoms with Gasteiger partial charge in [0.05, 0.1) is 32.0 Å². The van der Waals surface area contributed by atoms with Gasteiger partial charge in [-0.2, -0.15) is 0 Å². The molecule has 3 amide bonds. The van der Waals surface area contributed by atoms with Gasteiger partial charge in [-0.15, -0.1) is 0 Å². The van der Waals surface area contributed by atoms with Gasteiger partial charge in [-0.05, 0) is 30.7 Å². The first-order valence-corrected chi connectivity index (χ1v) is 19.2. The number of rotatable bonds is 19. The van der Waals surface area contributed by atoms with Crippen LogP contribution in [0.4, 0.5) is 5.69 Å². The Bertz CT molecular complexity index is 1690. The summed E-state index contributed by atoms with van der Waals surface area (Å²) in [7, 11) is 0. The van der Waals surface area contributed by atoms with Crippen molar-refractivity contribution >= 4 is 35.3 Å². The first-order chi connectivity index (χ1) is 29.2. The van der Waals surface area contributed by atoms with Crippen molar-refractivity contribution in [2.24, 2.45) is 5.73 Å². The molecule has 350 valence electrons. The van der Waals surface area contributed by atoms with E-state index in [1.54, 1.807) is 0 Å². The number of aliphatic carboxylic acids is 2. The number of ether oxygens (including phenoxy) is 6. The number of carboxylic acid groups (broad SMARTS) is 2. The van der Waals surface area contributed by atoms with E-state index in [0.29, 0.717) is 0 Å². The molecular weight excluding hydrogens is 840 g/mol. The summed E-state index contributed by atoms with van der Waals surface area (Å²) in [6.45, 7) is -0.886. The topological polar surface area (TPSA) is 425 Å². The lowest BCUT2D eigenvalue weighted by Crippen LogP contribution is -2.71. The van der Waals surface area contributed by atoms with Crippen LogP contribution in [0.3, 0.4) is 0 Å². The Morgan fingerprint density at radius 3 is 1.94 bits per heavy atom. The van der Waals surface area contributed by atoms with Crippen LogP contribution >= 0.6 is 0 Å². The zero-order valence-corrected chi connectivity index (χ0v) is 33.3. The molecule has 26 heteroatoms. The number of aliphatic hydroxyl groups excluding tert-OH is 9. The Balaban J connectivity index is 1.61. The Labute approximate surface area is 352 Å². The van der Waals surface area contributed by atoms with E-state index < -0.39 is 160 Å². The molecule has 17 atom stereocenters. The molecule has 3 aliphatic heterocycles. The SMILES string of the molecule is CC(=O)N[C@H]1[C@@H](Oc2ccc(NC(=O)CC[C@H](N)C(=O)O)cc2)O[C@H](CO)[C@H](O)[C@@H]1O[C@@H]1O[C@H](CO)[C@H](O)[C@H](O[C@]2(C(=O)O)C[C@H](O)[C@@H](NC(C)=O)[C@H]([C@H](O)[C@H](O)CO)O2)[C@H]1O. The lowest BCUT2D eigenvalue weighted by Gasteiger charge is -2.51. The smallest absolute Gasteiger partial charge is 0.364 e. The highest BCUT2D eigenvalue weighted by Crippen LogP contribution is 2.38. The number of amides is 3. The van der Waals surface area contributed by atoms with Crippen molar-refractivity contribution < 1.29 is 109 Å². The van der Waals surface area contributed by atoms with Crippen molar-refractivity contribution in [1.82, 2.24) is 10.6 Å². The maximum Gasteiger partial charge on any atom is 0.364 e. The van der Waals surface area contributed by atoms with Gasteiger partial charge in [0.1, 0.15) is 78.9 Å². The molecule has 0 spiro atoms. The standard InChI is InChI=1S/C36H54N4O22/c1-13(44)38-23-18(46)9-36(35(55)56,61-30(23)25(49)19(47)10-41)62-31-27(51)21(12-43)59-34(28(31)52)60-29-24(39-14(2)45)33(58-20(11-42)26(29)50)57-16-5-3-15(4-6-16)40-22(48)8-7-17(37)32(53)54/h3-6,17-21,23-31,33-34,41-43,46-47,49-52H,7-12,37H2,1-2H3,(H,38,44)(H,39,45)(H,40,48)(H,53,54)(H,55,56)/t17-,18-,19+,20+,21+,23+,24+,25+,26-,27-,28+,29+,30+,31-,33-,34-,36-/m0/s1. The number of anilines is 1. The first kappa shape index (κ1) is 50.4. The van der Waals surface area contributed by atoms with Crippen molar-refractivity contribution in [3.05, 3.63) is 24.3 Å². The van der Waals surface area contributed by atoms with E-state index >= 15 is 0 Å². The van der Waals surface area contributed by atoms with Gasteiger partial charge in [0.2, 0.25) is 24.0 Å². The van der Waals surface area contributed by atoms with E-state index in [2.05, 4.69) is 16.0 Å². The third-order valence-corrected chi connectivity index (χ3v) is 10.2. The molecule has 0 saturated carbocycles. The number of nitrogens with one attached hydrogen (secondary N) is 3. The van der Waals surface area contributed by atoms with Crippen LogP contribution in [0.25, 0.3) is 0 Å². The normalized spacial score (nSPS) is 35.1. The van der Waals surface area contributed by atoms with E-state index in [1.165, 1.54) is 24.3 Å². The second-order valence-electron chi connectivity index (χ2n) is 14.9. The van der Waals surface area contributed by atoms with Crippen LogP contribution in [0.15, 0.2) is 24.3 Å². The maximum absolute atomic E-state index is 12.9. The van der Waals surface area contributed by atoms with Gasteiger partial charge < -0.3 is 106 Å². The maximum atomic E-state index is 12.9. The third kappa shape index (κ3) is 12.1. The molecule has 0 unspecified atom stereocenters. The Morgan fingerprint density at radius 2 is 1.40 bits per heavy atom. The monoisotopic (exact) mass is 894 g/mol. The Hall–Kier alpha value is -4.23. The molecule has 0 aromatic heterocycles. The second-order valence-corrected chi connectivity index (χ2v) is 14.9. The molecule has 3 fully saturated rings. The minimum absolute atomic E-state index is 0.0401. The number of hydrogen-bond acceptors (Lipinski definition) is 21. The fraction of sp³-hybridized carbons (Fsp3) is 0.694. The van der Waals surface area contributed by atoms with Crippen molar-refractivity contribution in [3.8, 4) is 5.75 Å². The summed E-state index contributed by atoms with van der Waals surface area (Å²) in [5, 5.41) is 123. The van der Waals surface area contributed by atoms with Gasteiger partial charge in [-0.3, -0.25) is 19.2 Å². The van der Waals surface area contributed by atoms with Crippen LogP contribution in [0.1, 0.15) is 33.1 Å². The number of carbonyl (C=O) groups is 5. The van der Waals surface area contributed by atoms with Crippen molar-refractivity contribution in [2.45, 2.75) is 137 Å². The molecule has 16 N–H and O–H groups in total. The molecular formula is C36H54N4O22. The minimum atomic E-state index is -3.10. The number of hydrogen-bond donors (Lipinski definition) is 15. The fourth-order valence-electron chi connectivity index (χ4n) is 7.03. The van der Waals surface area contributed by atoms with Crippen molar-refractivity contribution in [2.75, 3.05) is 25.1 Å². The minimum Gasteiger partial charge on any atom is -0.480 e. The van der Waals surface area contributed by atoms with Crippen molar-refractivity contribution in [3.63, 3.8) is 0 Å².